The van der Waals surface area contributed by atoms with Gasteiger partial charge in [-0.1, -0.05) is 17.7 Å². The van der Waals surface area contributed by atoms with Gasteiger partial charge in [0.05, 0.1) is 0 Å². The highest BCUT2D eigenvalue weighted by Crippen LogP contribution is 2.24. The van der Waals surface area contributed by atoms with Crippen LogP contribution in [0.25, 0.3) is 0 Å². The van der Waals surface area contributed by atoms with Crippen LogP contribution in [0.1, 0.15) is 24.4 Å². The van der Waals surface area contributed by atoms with Gasteiger partial charge in [0.25, 0.3) is 0 Å². The maximum Gasteiger partial charge on any atom is 0.147 e. The molecule has 1 N–H and O–H groups in total. The van der Waals surface area contributed by atoms with E-state index in [4.69, 9.17) is 11.6 Å². The van der Waals surface area contributed by atoms with E-state index in [0.29, 0.717) is 23.4 Å². The van der Waals surface area contributed by atoms with E-state index in [1.807, 2.05) is 0 Å². The minimum Gasteiger partial charge on any atom is -0.313 e. The van der Waals surface area contributed by atoms with E-state index in [0.717, 1.165) is 0 Å². The molecule has 0 amide bonds. The van der Waals surface area contributed by atoms with E-state index in [9.17, 15) is 12.8 Å². The largest absolute Gasteiger partial charge is 0.313 e. The first-order valence-electron chi connectivity index (χ1n) is 5.63. The SMILES string of the molecule is CNC(CCCS(C)(=O)=O)c1ccc(Cl)cc1F. The molecule has 0 saturated carbocycles. The zero-order valence-corrected chi connectivity index (χ0v) is 12.0. The fourth-order valence-electron chi connectivity index (χ4n) is 1.79. The molecule has 0 aromatic heterocycles. The molecule has 0 aliphatic heterocycles. The Morgan fingerprint density at radius 2 is 2.11 bits per heavy atom. The second-order valence-electron chi connectivity index (χ2n) is 4.28. The first-order chi connectivity index (χ1) is 8.33. The Balaban J connectivity index is 2.71. The van der Waals surface area contributed by atoms with Crippen LogP contribution in [0.3, 0.4) is 0 Å². The first kappa shape index (κ1) is 15.4. The van der Waals surface area contributed by atoms with E-state index >= 15 is 0 Å². The average Bonchev–Trinajstić information content (AvgIpc) is 2.24. The third kappa shape index (κ3) is 4.92. The number of halogens is 2. The van der Waals surface area contributed by atoms with Crippen LogP contribution in [0.5, 0.6) is 0 Å². The number of hydrogen-bond donors (Lipinski definition) is 1. The van der Waals surface area contributed by atoms with Gasteiger partial charge in [0.2, 0.25) is 0 Å². The lowest BCUT2D eigenvalue weighted by atomic mass is 10.0. The van der Waals surface area contributed by atoms with Crippen LogP contribution in [-0.2, 0) is 9.84 Å². The van der Waals surface area contributed by atoms with Crippen molar-refractivity contribution in [3.05, 3.63) is 34.6 Å². The molecule has 1 unspecified atom stereocenters. The summed E-state index contributed by atoms with van der Waals surface area (Å²) in [5.74, 6) is -0.262. The normalized spacial score (nSPS) is 13.6. The third-order valence-corrected chi connectivity index (χ3v) is 3.96. The summed E-state index contributed by atoms with van der Waals surface area (Å²) in [4.78, 5) is 0. The fraction of sp³-hybridized carbons (Fsp3) is 0.500. The van der Waals surface area contributed by atoms with Gasteiger partial charge in [-0.05, 0) is 32.0 Å². The van der Waals surface area contributed by atoms with Crippen LogP contribution in [0.2, 0.25) is 5.02 Å². The van der Waals surface area contributed by atoms with Gasteiger partial charge in [-0.2, -0.15) is 0 Å². The molecule has 1 rings (SSSR count). The zero-order valence-electron chi connectivity index (χ0n) is 10.4. The van der Waals surface area contributed by atoms with Crippen LogP contribution in [0.4, 0.5) is 4.39 Å². The van der Waals surface area contributed by atoms with Crippen LogP contribution < -0.4 is 5.32 Å². The number of rotatable bonds is 6. The van der Waals surface area contributed by atoms with Crippen molar-refractivity contribution in [2.45, 2.75) is 18.9 Å². The maximum absolute atomic E-state index is 13.7. The van der Waals surface area contributed by atoms with Gasteiger partial charge in [0.1, 0.15) is 15.7 Å². The van der Waals surface area contributed by atoms with Crippen molar-refractivity contribution in [1.82, 2.24) is 5.32 Å². The lowest BCUT2D eigenvalue weighted by Crippen LogP contribution is -2.18. The van der Waals surface area contributed by atoms with E-state index in [1.54, 1.807) is 19.2 Å². The lowest BCUT2D eigenvalue weighted by molar-refractivity contribution is 0.502. The fourth-order valence-corrected chi connectivity index (χ4v) is 2.64. The molecule has 102 valence electrons. The first-order valence-corrected chi connectivity index (χ1v) is 8.07. The van der Waals surface area contributed by atoms with Crippen LogP contribution in [-0.4, -0.2) is 27.5 Å². The molecule has 18 heavy (non-hydrogen) atoms. The van der Waals surface area contributed by atoms with Gasteiger partial charge >= 0.3 is 0 Å². The van der Waals surface area contributed by atoms with Crippen LogP contribution >= 0.6 is 11.6 Å². The second-order valence-corrected chi connectivity index (χ2v) is 6.98. The Labute approximate surface area is 112 Å². The van der Waals surface area contributed by atoms with E-state index < -0.39 is 9.84 Å². The summed E-state index contributed by atoms with van der Waals surface area (Å²) in [6.07, 6.45) is 2.25. The molecule has 0 aliphatic carbocycles. The Morgan fingerprint density at radius 1 is 1.44 bits per heavy atom. The smallest absolute Gasteiger partial charge is 0.147 e. The molecule has 1 aromatic rings. The summed E-state index contributed by atoms with van der Waals surface area (Å²) in [7, 11) is -1.25. The summed E-state index contributed by atoms with van der Waals surface area (Å²) in [5.41, 5.74) is 0.510. The number of sulfone groups is 1. The molecule has 6 heteroatoms. The molecule has 0 bridgehead atoms. The topological polar surface area (TPSA) is 46.2 Å². The summed E-state index contributed by atoms with van der Waals surface area (Å²) in [5, 5.41) is 3.34. The highest BCUT2D eigenvalue weighted by atomic mass is 35.5. The van der Waals surface area contributed by atoms with Crippen LogP contribution in [0.15, 0.2) is 18.2 Å². The molecular formula is C12H17ClFNO2S. The lowest BCUT2D eigenvalue weighted by Gasteiger charge is -2.17. The zero-order chi connectivity index (χ0) is 13.8. The average molecular weight is 294 g/mol. The van der Waals surface area contributed by atoms with Gasteiger partial charge in [-0.3, -0.25) is 0 Å². The van der Waals surface area contributed by atoms with Gasteiger partial charge in [-0.25, -0.2) is 12.8 Å². The maximum atomic E-state index is 13.7. The molecule has 1 aromatic carbocycles. The highest BCUT2D eigenvalue weighted by Gasteiger charge is 2.15. The predicted molar refractivity (Wildman–Crippen MR) is 72.2 cm³/mol. The molecule has 0 spiro atoms. The van der Waals surface area contributed by atoms with Gasteiger partial charge in [0, 0.05) is 28.6 Å². The Morgan fingerprint density at radius 3 is 2.61 bits per heavy atom. The molecule has 0 radical (unpaired) electrons. The molecule has 0 saturated heterocycles. The molecule has 1 atom stereocenters. The summed E-state index contributed by atoms with van der Waals surface area (Å²) in [6.45, 7) is 0. The molecule has 0 aliphatic rings. The minimum absolute atomic E-state index is 0.111. The molecule has 0 fully saturated rings. The summed E-state index contributed by atoms with van der Waals surface area (Å²) >= 11 is 5.69. The second kappa shape index (κ2) is 6.50. The van der Waals surface area contributed by atoms with E-state index in [2.05, 4.69) is 5.32 Å². The Bertz CT molecular complexity index is 505. The van der Waals surface area contributed by atoms with Crippen molar-refractivity contribution in [3.8, 4) is 0 Å². The van der Waals surface area contributed by atoms with Crippen molar-refractivity contribution in [2.75, 3.05) is 19.1 Å². The standard InChI is InChI=1S/C12H17ClFNO2S/c1-15-12(4-3-7-18(2,16)17)10-6-5-9(13)8-11(10)14/h5-6,8,12,15H,3-4,7H2,1-2H3. The monoisotopic (exact) mass is 293 g/mol. The third-order valence-electron chi connectivity index (χ3n) is 2.69. The van der Waals surface area contributed by atoms with Crippen molar-refractivity contribution >= 4 is 21.4 Å². The number of hydrogen-bond acceptors (Lipinski definition) is 3. The number of benzene rings is 1. The highest BCUT2D eigenvalue weighted by molar-refractivity contribution is 7.90. The van der Waals surface area contributed by atoms with Gasteiger partial charge in [-0.15, -0.1) is 0 Å². The Hall–Kier alpha value is -0.650. The Kier molecular flexibility index (Phi) is 5.56. The van der Waals surface area contributed by atoms with Crippen molar-refractivity contribution in [2.24, 2.45) is 0 Å². The van der Waals surface area contributed by atoms with Crippen molar-refractivity contribution in [3.63, 3.8) is 0 Å². The predicted octanol–water partition coefficient (Wildman–Crippen LogP) is 2.56. The quantitative estimate of drug-likeness (QED) is 0.877. The summed E-state index contributed by atoms with van der Waals surface area (Å²) < 4.78 is 35.8. The van der Waals surface area contributed by atoms with Gasteiger partial charge in [0.15, 0.2) is 0 Å². The van der Waals surface area contributed by atoms with E-state index in [-0.39, 0.29) is 17.6 Å². The van der Waals surface area contributed by atoms with Crippen molar-refractivity contribution in [1.29, 1.82) is 0 Å². The molecule has 0 heterocycles. The van der Waals surface area contributed by atoms with Gasteiger partial charge < -0.3 is 5.32 Å². The molecular weight excluding hydrogens is 277 g/mol. The minimum atomic E-state index is -2.97. The number of nitrogens with one attached hydrogen (secondary N) is 1. The van der Waals surface area contributed by atoms with E-state index in [1.165, 1.54) is 12.3 Å². The summed E-state index contributed by atoms with van der Waals surface area (Å²) in [6, 6.07) is 4.31. The molecule has 3 nitrogen and oxygen atoms in total. The van der Waals surface area contributed by atoms with Crippen LogP contribution in [0, 0.1) is 5.82 Å². The van der Waals surface area contributed by atoms with Crippen molar-refractivity contribution < 1.29 is 12.8 Å².